The molecular formula is C15H17NO3. The lowest BCUT2D eigenvalue weighted by molar-refractivity contribution is -0.147. The van der Waals surface area contributed by atoms with Crippen LogP contribution in [0.5, 0.6) is 5.75 Å². The van der Waals surface area contributed by atoms with E-state index in [-0.39, 0.29) is 0 Å². The molecule has 0 saturated heterocycles. The zero-order valence-corrected chi connectivity index (χ0v) is 11.1. The van der Waals surface area contributed by atoms with Crippen LogP contribution in [0.1, 0.15) is 24.8 Å². The normalized spacial score (nSPS) is 17.2. The Morgan fingerprint density at radius 3 is 2.68 bits per heavy atom. The predicted molar refractivity (Wildman–Crippen MR) is 72.6 cm³/mol. The van der Waals surface area contributed by atoms with Crippen molar-refractivity contribution < 1.29 is 14.6 Å². The van der Waals surface area contributed by atoms with E-state index in [1.165, 1.54) is 0 Å². The maximum atomic E-state index is 11.7. The summed E-state index contributed by atoms with van der Waals surface area (Å²) in [6.07, 6.45) is 4.33. The Kier molecular flexibility index (Phi) is 2.55. The van der Waals surface area contributed by atoms with E-state index < -0.39 is 11.4 Å². The highest BCUT2D eigenvalue weighted by molar-refractivity contribution is 5.96. The van der Waals surface area contributed by atoms with E-state index in [0.717, 1.165) is 28.6 Å². The molecule has 1 aromatic carbocycles. The summed E-state index contributed by atoms with van der Waals surface area (Å²) >= 11 is 0. The molecule has 4 nitrogen and oxygen atoms in total. The number of aromatic nitrogens is 1. The van der Waals surface area contributed by atoms with Crippen molar-refractivity contribution in [1.29, 1.82) is 0 Å². The van der Waals surface area contributed by atoms with Gasteiger partial charge in [-0.1, -0.05) is 12.5 Å². The Hall–Kier alpha value is -1.97. The van der Waals surface area contributed by atoms with Crippen molar-refractivity contribution in [3.63, 3.8) is 0 Å². The van der Waals surface area contributed by atoms with Gasteiger partial charge >= 0.3 is 5.97 Å². The summed E-state index contributed by atoms with van der Waals surface area (Å²) in [5.74, 6) is 0.0257. The lowest BCUT2D eigenvalue weighted by atomic mass is 9.64. The van der Waals surface area contributed by atoms with Crippen LogP contribution in [-0.4, -0.2) is 22.8 Å². The number of fused-ring (bicyclic) bond motifs is 1. The number of carbonyl (C=O) groups is 1. The average molecular weight is 259 g/mol. The molecule has 0 radical (unpaired) electrons. The van der Waals surface area contributed by atoms with Gasteiger partial charge in [0.1, 0.15) is 5.75 Å². The molecule has 1 saturated carbocycles. The number of hydrogen-bond acceptors (Lipinski definition) is 2. The Labute approximate surface area is 111 Å². The topological polar surface area (TPSA) is 51.5 Å². The molecule has 1 aliphatic carbocycles. The maximum Gasteiger partial charge on any atom is 0.314 e. The van der Waals surface area contributed by atoms with E-state index in [1.54, 1.807) is 7.11 Å². The van der Waals surface area contributed by atoms with Gasteiger partial charge in [0, 0.05) is 18.6 Å². The van der Waals surface area contributed by atoms with Gasteiger partial charge < -0.3 is 14.4 Å². The minimum atomic E-state index is -0.728. The third kappa shape index (κ3) is 1.49. The van der Waals surface area contributed by atoms with Crippen molar-refractivity contribution in [3.05, 3.63) is 30.0 Å². The van der Waals surface area contributed by atoms with Gasteiger partial charge in [0.25, 0.3) is 0 Å². The lowest BCUT2D eigenvalue weighted by Crippen LogP contribution is -2.42. The van der Waals surface area contributed by atoms with Crippen molar-refractivity contribution in [2.45, 2.75) is 24.7 Å². The molecule has 1 N–H and O–H groups in total. The fourth-order valence-electron chi connectivity index (χ4n) is 3.07. The van der Waals surface area contributed by atoms with E-state index in [2.05, 4.69) is 0 Å². The van der Waals surface area contributed by atoms with Crippen LogP contribution in [0.25, 0.3) is 10.9 Å². The number of methoxy groups -OCH3 is 1. The molecular weight excluding hydrogens is 242 g/mol. The first-order valence-electron chi connectivity index (χ1n) is 6.46. The molecule has 1 aromatic heterocycles. The quantitative estimate of drug-likeness (QED) is 0.922. The number of aryl methyl sites for hydroxylation is 1. The minimum absolute atomic E-state index is 0.708. The summed E-state index contributed by atoms with van der Waals surface area (Å²) in [5, 5.41) is 10.6. The van der Waals surface area contributed by atoms with Gasteiger partial charge in [0.15, 0.2) is 0 Å². The second-order valence-electron chi connectivity index (χ2n) is 5.25. The molecule has 19 heavy (non-hydrogen) atoms. The van der Waals surface area contributed by atoms with Crippen molar-refractivity contribution >= 4 is 16.9 Å². The largest absolute Gasteiger partial charge is 0.496 e. The number of ether oxygens (including phenoxy) is 1. The molecule has 0 bridgehead atoms. The fraction of sp³-hybridized carbons (Fsp3) is 0.400. The summed E-state index contributed by atoms with van der Waals surface area (Å²) in [6.45, 7) is 0. The first-order chi connectivity index (χ1) is 9.10. The second kappa shape index (κ2) is 4.02. The van der Waals surface area contributed by atoms with Crippen molar-refractivity contribution in [3.8, 4) is 5.75 Å². The Morgan fingerprint density at radius 2 is 2.16 bits per heavy atom. The average Bonchev–Trinajstić information content (AvgIpc) is 2.66. The summed E-state index contributed by atoms with van der Waals surface area (Å²) < 4.78 is 7.40. The summed E-state index contributed by atoms with van der Waals surface area (Å²) in [4.78, 5) is 11.7. The molecule has 0 aliphatic heterocycles. The van der Waals surface area contributed by atoms with E-state index in [1.807, 2.05) is 36.0 Å². The van der Waals surface area contributed by atoms with E-state index in [0.29, 0.717) is 12.8 Å². The molecule has 4 heteroatoms. The molecule has 0 amide bonds. The zero-order chi connectivity index (χ0) is 13.6. The molecule has 0 atom stereocenters. The van der Waals surface area contributed by atoms with Crippen LogP contribution in [0.2, 0.25) is 0 Å². The van der Waals surface area contributed by atoms with Crippen LogP contribution in [0.4, 0.5) is 0 Å². The van der Waals surface area contributed by atoms with Crippen LogP contribution in [0, 0.1) is 0 Å². The van der Waals surface area contributed by atoms with Crippen LogP contribution < -0.4 is 4.74 Å². The van der Waals surface area contributed by atoms with Gasteiger partial charge in [-0.15, -0.1) is 0 Å². The molecule has 3 rings (SSSR count). The Bertz CT molecular complexity index is 653. The van der Waals surface area contributed by atoms with Gasteiger partial charge in [0.05, 0.1) is 18.0 Å². The summed E-state index contributed by atoms with van der Waals surface area (Å²) in [5.41, 5.74) is 1.18. The van der Waals surface area contributed by atoms with Gasteiger partial charge in [-0.2, -0.15) is 0 Å². The number of hydrogen-bond donors (Lipinski definition) is 1. The molecule has 1 fully saturated rings. The number of nitrogens with zero attached hydrogens (tertiary/aromatic N) is 1. The number of carboxylic acids is 1. The number of rotatable bonds is 3. The molecule has 2 aromatic rings. The van der Waals surface area contributed by atoms with Crippen molar-refractivity contribution in [1.82, 2.24) is 4.57 Å². The molecule has 0 spiro atoms. The molecule has 1 aliphatic rings. The van der Waals surface area contributed by atoms with Crippen LogP contribution in [0.15, 0.2) is 24.4 Å². The zero-order valence-electron chi connectivity index (χ0n) is 11.1. The van der Waals surface area contributed by atoms with E-state index >= 15 is 0 Å². The molecule has 100 valence electrons. The van der Waals surface area contributed by atoms with Crippen LogP contribution in [-0.2, 0) is 17.3 Å². The van der Waals surface area contributed by atoms with Crippen molar-refractivity contribution in [2.24, 2.45) is 7.05 Å². The summed E-state index contributed by atoms with van der Waals surface area (Å²) in [7, 11) is 3.57. The molecule has 0 unspecified atom stereocenters. The summed E-state index contributed by atoms with van der Waals surface area (Å²) in [6, 6.07) is 5.81. The highest BCUT2D eigenvalue weighted by Gasteiger charge is 2.48. The fourth-order valence-corrected chi connectivity index (χ4v) is 3.07. The van der Waals surface area contributed by atoms with Gasteiger partial charge in [0.2, 0.25) is 0 Å². The van der Waals surface area contributed by atoms with Crippen LogP contribution >= 0.6 is 0 Å². The third-order valence-corrected chi connectivity index (χ3v) is 4.33. The third-order valence-electron chi connectivity index (χ3n) is 4.33. The van der Waals surface area contributed by atoms with Crippen molar-refractivity contribution in [2.75, 3.05) is 7.11 Å². The Balaban J connectivity index is 2.32. The first kappa shape index (κ1) is 12.1. The predicted octanol–water partition coefficient (Wildman–Crippen LogP) is 2.69. The lowest BCUT2D eigenvalue weighted by Gasteiger charge is -2.37. The Morgan fingerprint density at radius 1 is 1.42 bits per heavy atom. The molecule has 1 heterocycles. The number of carboxylic acid groups (broad SMARTS) is 1. The second-order valence-corrected chi connectivity index (χ2v) is 5.25. The van der Waals surface area contributed by atoms with E-state index in [4.69, 9.17) is 4.74 Å². The standard InChI is InChI=1S/C15H17NO3/c1-16-9-10(15(14(17)18)7-4-8-15)13-11(16)5-3-6-12(13)19-2/h3,5-6,9H,4,7-8H2,1-2H3,(H,17,18). The van der Waals surface area contributed by atoms with Gasteiger partial charge in [-0.3, -0.25) is 4.79 Å². The van der Waals surface area contributed by atoms with E-state index in [9.17, 15) is 9.90 Å². The maximum absolute atomic E-state index is 11.7. The van der Waals surface area contributed by atoms with Crippen LogP contribution in [0.3, 0.4) is 0 Å². The SMILES string of the molecule is COc1cccc2c1c(C1(C(=O)O)CCC1)cn2C. The first-order valence-corrected chi connectivity index (χ1v) is 6.46. The minimum Gasteiger partial charge on any atom is -0.496 e. The van der Waals surface area contributed by atoms with Gasteiger partial charge in [-0.05, 0) is 30.5 Å². The smallest absolute Gasteiger partial charge is 0.314 e. The highest BCUT2D eigenvalue weighted by Crippen LogP contribution is 2.48. The highest BCUT2D eigenvalue weighted by atomic mass is 16.5. The monoisotopic (exact) mass is 259 g/mol. The van der Waals surface area contributed by atoms with Gasteiger partial charge in [-0.25, -0.2) is 0 Å². The number of aliphatic carboxylic acids is 1. The number of benzene rings is 1.